The first kappa shape index (κ1) is 17.0. The van der Waals surface area contributed by atoms with E-state index in [2.05, 4.69) is 22.3 Å². The van der Waals surface area contributed by atoms with E-state index in [1.54, 1.807) is 7.05 Å². The number of hydrogen-bond acceptors (Lipinski definition) is 4. The minimum absolute atomic E-state index is 0.197. The molecule has 0 atom stereocenters. The van der Waals surface area contributed by atoms with Gasteiger partial charge in [-0.1, -0.05) is 42.5 Å². The summed E-state index contributed by atoms with van der Waals surface area (Å²) in [6.07, 6.45) is 1.86. The van der Waals surface area contributed by atoms with Crippen LogP contribution in [0.2, 0.25) is 0 Å². The van der Waals surface area contributed by atoms with Gasteiger partial charge >= 0.3 is 0 Å². The standard InChI is InChI=1S/C21H20N4O2/c1-3-27-19-12-20(26)24(2)23-21(19)16-9-10-17-13-22-25(18(17)11-16)14-15-7-5-4-6-8-15/h4-13H,3,14H2,1-2H3. The fourth-order valence-corrected chi connectivity index (χ4v) is 3.09. The summed E-state index contributed by atoms with van der Waals surface area (Å²) in [5.74, 6) is 0.495. The van der Waals surface area contributed by atoms with E-state index >= 15 is 0 Å². The quantitative estimate of drug-likeness (QED) is 0.548. The average Bonchev–Trinajstić information content (AvgIpc) is 3.08. The number of nitrogens with zero attached hydrogens (tertiary/aromatic N) is 4. The molecule has 6 nitrogen and oxygen atoms in total. The van der Waals surface area contributed by atoms with E-state index in [0.717, 1.165) is 16.5 Å². The van der Waals surface area contributed by atoms with Crippen molar-refractivity contribution in [1.82, 2.24) is 19.6 Å². The molecule has 0 aliphatic rings. The highest BCUT2D eigenvalue weighted by Crippen LogP contribution is 2.29. The summed E-state index contributed by atoms with van der Waals surface area (Å²) in [6, 6.07) is 17.7. The van der Waals surface area contributed by atoms with Crippen LogP contribution >= 0.6 is 0 Å². The molecule has 0 saturated heterocycles. The number of benzene rings is 2. The predicted octanol–water partition coefficient (Wildman–Crippen LogP) is 3.24. The molecule has 2 aromatic heterocycles. The van der Waals surface area contributed by atoms with Crippen LogP contribution in [0, 0.1) is 0 Å². The van der Waals surface area contributed by atoms with Crippen molar-refractivity contribution in [1.29, 1.82) is 0 Å². The van der Waals surface area contributed by atoms with Gasteiger partial charge in [0.2, 0.25) is 0 Å². The van der Waals surface area contributed by atoms with Crippen molar-refractivity contribution in [3.05, 3.63) is 76.7 Å². The van der Waals surface area contributed by atoms with Gasteiger partial charge in [0, 0.05) is 24.1 Å². The minimum atomic E-state index is -0.197. The summed E-state index contributed by atoms with van der Waals surface area (Å²) < 4.78 is 8.94. The highest BCUT2D eigenvalue weighted by molar-refractivity contribution is 5.84. The molecule has 0 N–H and O–H groups in total. The summed E-state index contributed by atoms with van der Waals surface area (Å²) in [5, 5.41) is 9.99. The lowest BCUT2D eigenvalue weighted by molar-refractivity contribution is 0.338. The molecule has 0 radical (unpaired) electrons. The van der Waals surface area contributed by atoms with Gasteiger partial charge in [0.15, 0.2) is 5.75 Å². The van der Waals surface area contributed by atoms with Crippen molar-refractivity contribution < 1.29 is 4.74 Å². The monoisotopic (exact) mass is 360 g/mol. The van der Waals surface area contributed by atoms with Crippen molar-refractivity contribution in [2.24, 2.45) is 7.05 Å². The molecule has 0 aliphatic heterocycles. The Balaban J connectivity index is 1.81. The van der Waals surface area contributed by atoms with Crippen molar-refractivity contribution in [2.75, 3.05) is 6.61 Å². The van der Waals surface area contributed by atoms with Gasteiger partial charge in [-0.2, -0.15) is 10.2 Å². The third-order valence-electron chi connectivity index (χ3n) is 4.45. The third-order valence-corrected chi connectivity index (χ3v) is 4.45. The van der Waals surface area contributed by atoms with Crippen molar-refractivity contribution in [3.63, 3.8) is 0 Å². The van der Waals surface area contributed by atoms with Gasteiger partial charge in [-0.05, 0) is 18.6 Å². The fraction of sp³-hybridized carbons (Fsp3) is 0.190. The number of ether oxygens (including phenoxy) is 1. The third kappa shape index (κ3) is 3.33. The van der Waals surface area contributed by atoms with Gasteiger partial charge < -0.3 is 4.74 Å². The van der Waals surface area contributed by atoms with Crippen LogP contribution in [0.1, 0.15) is 12.5 Å². The van der Waals surface area contributed by atoms with Crippen LogP contribution in [0.3, 0.4) is 0 Å². The first-order valence-corrected chi connectivity index (χ1v) is 8.86. The predicted molar refractivity (Wildman–Crippen MR) is 105 cm³/mol. The number of fused-ring (bicyclic) bond motifs is 1. The molecule has 0 unspecified atom stereocenters. The number of aromatic nitrogens is 4. The molecular formula is C21H20N4O2. The first-order valence-electron chi connectivity index (χ1n) is 8.86. The van der Waals surface area contributed by atoms with Crippen LogP contribution in [-0.4, -0.2) is 26.2 Å². The van der Waals surface area contributed by atoms with E-state index < -0.39 is 0 Å². The zero-order valence-electron chi connectivity index (χ0n) is 15.3. The Hall–Kier alpha value is -3.41. The SMILES string of the molecule is CCOc1cc(=O)n(C)nc1-c1ccc2cnn(Cc3ccccc3)c2c1. The molecule has 0 bridgehead atoms. The van der Waals surface area contributed by atoms with Crippen LogP contribution in [0.5, 0.6) is 5.75 Å². The summed E-state index contributed by atoms with van der Waals surface area (Å²) in [7, 11) is 1.64. The molecule has 0 fully saturated rings. The minimum Gasteiger partial charge on any atom is -0.491 e. The summed E-state index contributed by atoms with van der Waals surface area (Å²) in [5.41, 5.74) is 3.53. The Morgan fingerprint density at radius 2 is 1.89 bits per heavy atom. The molecule has 4 aromatic rings. The Kier molecular flexibility index (Phi) is 4.46. The molecule has 0 saturated carbocycles. The molecule has 2 heterocycles. The van der Waals surface area contributed by atoms with Gasteiger partial charge in [-0.3, -0.25) is 9.48 Å². The van der Waals surface area contributed by atoms with Gasteiger partial charge in [-0.15, -0.1) is 0 Å². The molecule has 6 heteroatoms. The highest BCUT2D eigenvalue weighted by Gasteiger charge is 2.13. The van der Waals surface area contributed by atoms with Crippen LogP contribution in [-0.2, 0) is 13.6 Å². The number of hydrogen-bond donors (Lipinski definition) is 0. The van der Waals surface area contributed by atoms with Crippen LogP contribution < -0.4 is 10.3 Å². The zero-order chi connectivity index (χ0) is 18.8. The van der Waals surface area contributed by atoms with E-state index in [1.165, 1.54) is 16.3 Å². The molecule has 27 heavy (non-hydrogen) atoms. The summed E-state index contributed by atoms with van der Waals surface area (Å²) in [6.45, 7) is 3.04. The maximum Gasteiger partial charge on any atom is 0.270 e. The Labute approximate surface area is 156 Å². The second-order valence-corrected chi connectivity index (χ2v) is 6.31. The maximum atomic E-state index is 11.9. The molecule has 136 valence electrons. The summed E-state index contributed by atoms with van der Waals surface area (Å²) >= 11 is 0. The Bertz CT molecular complexity index is 1150. The lowest BCUT2D eigenvalue weighted by Crippen LogP contribution is -2.19. The van der Waals surface area contributed by atoms with Crippen molar-refractivity contribution in [3.8, 4) is 17.0 Å². The van der Waals surface area contributed by atoms with E-state index in [4.69, 9.17) is 4.74 Å². The zero-order valence-corrected chi connectivity index (χ0v) is 15.3. The smallest absolute Gasteiger partial charge is 0.270 e. The Morgan fingerprint density at radius 3 is 2.67 bits per heavy atom. The van der Waals surface area contributed by atoms with Gasteiger partial charge in [0.1, 0.15) is 5.69 Å². The number of aryl methyl sites for hydroxylation is 1. The summed E-state index contributed by atoms with van der Waals surface area (Å²) in [4.78, 5) is 11.9. The van der Waals surface area contributed by atoms with Crippen LogP contribution in [0.25, 0.3) is 22.2 Å². The van der Waals surface area contributed by atoms with Crippen LogP contribution in [0.4, 0.5) is 0 Å². The van der Waals surface area contributed by atoms with Gasteiger partial charge in [-0.25, -0.2) is 4.68 Å². The molecule has 0 aliphatic carbocycles. The molecular weight excluding hydrogens is 340 g/mol. The van der Waals surface area contributed by atoms with Gasteiger partial charge in [0.25, 0.3) is 5.56 Å². The molecule has 2 aromatic carbocycles. The van der Waals surface area contributed by atoms with E-state index in [0.29, 0.717) is 24.6 Å². The maximum absolute atomic E-state index is 11.9. The van der Waals surface area contributed by atoms with Crippen molar-refractivity contribution >= 4 is 10.9 Å². The average molecular weight is 360 g/mol. The normalized spacial score (nSPS) is 11.0. The molecule has 4 rings (SSSR count). The van der Waals surface area contributed by atoms with E-state index in [1.807, 2.05) is 54.2 Å². The fourth-order valence-electron chi connectivity index (χ4n) is 3.09. The lowest BCUT2D eigenvalue weighted by Gasteiger charge is -2.11. The highest BCUT2D eigenvalue weighted by atomic mass is 16.5. The second-order valence-electron chi connectivity index (χ2n) is 6.31. The second kappa shape index (κ2) is 7.07. The van der Waals surface area contributed by atoms with Crippen molar-refractivity contribution in [2.45, 2.75) is 13.5 Å². The van der Waals surface area contributed by atoms with E-state index in [-0.39, 0.29) is 5.56 Å². The van der Waals surface area contributed by atoms with E-state index in [9.17, 15) is 4.79 Å². The topological polar surface area (TPSA) is 61.9 Å². The first-order chi connectivity index (χ1) is 13.2. The molecule has 0 spiro atoms. The van der Waals surface area contributed by atoms with Gasteiger partial charge in [0.05, 0.1) is 24.9 Å². The number of rotatable bonds is 5. The largest absolute Gasteiger partial charge is 0.491 e. The lowest BCUT2D eigenvalue weighted by atomic mass is 10.1. The molecule has 0 amide bonds. The Morgan fingerprint density at radius 1 is 1.07 bits per heavy atom. The van der Waals surface area contributed by atoms with Crippen LogP contribution in [0.15, 0.2) is 65.6 Å².